The maximum atomic E-state index is 12.8. The normalized spacial score (nSPS) is 24.5. The highest BCUT2D eigenvalue weighted by atomic mass is 16.2. The lowest BCUT2D eigenvalue weighted by Gasteiger charge is -2.26. The summed E-state index contributed by atoms with van der Waals surface area (Å²) in [7, 11) is 0. The van der Waals surface area contributed by atoms with Crippen molar-refractivity contribution in [2.24, 2.45) is 11.7 Å². The van der Waals surface area contributed by atoms with Crippen molar-refractivity contribution in [2.45, 2.75) is 38.6 Å². The van der Waals surface area contributed by atoms with Gasteiger partial charge in [-0.25, -0.2) is 0 Å². The van der Waals surface area contributed by atoms with Crippen LogP contribution in [0, 0.1) is 5.92 Å². The van der Waals surface area contributed by atoms with E-state index in [0.29, 0.717) is 19.5 Å². The highest BCUT2D eigenvalue weighted by molar-refractivity contribution is 6.00. The van der Waals surface area contributed by atoms with Gasteiger partial charge in [-0.3, -0.25) is 9.59 Å². The Kier molecular flexibility index (Phi) is 4.66. The van der Waals surface area contributed by atoms with Gasteiger partial charge in [0, 0.05) is 37.8 Å². The fourth-order valence-electron chi connectivity index (χ4n) is 3.78. The first-order valence-corrected chi connectivity index (χ1v) is 8.54. The number of rotatable bonds is 4. The minimum absolute atomic E-state index is 0.0488. The van der Waals surface area contributed by atoms with E-state index in [4.69, 9.17) is 5.73 Å². The summed E-state index contributed by atoms with van der Waals surface area (Å²) in [6, 6.07) is 8.10. The van der Waals surface area contributed by atoms with Gasteiger partial charge < -0.3 is 15.5 Å². The third-order valence-corrected chi connectivity index (χ3v) is 5.07. The smallest absolute Gasteiger partial charge is 0.228 e. The van der Waals surface area contributed by atoms with Gasteiger partial charge in [0.25, 0.3) is 0 Å². The van der Waals surface area contributed by atoms with Crippen molar-refractivity contribution < 1.29 is 9.59 Å². The number of hydrogen-bond acceptors (Lipinski definition) is 3. The van der Waals surface area contributed by atoms with Crippen molar-refractivity contribution in [3.05, 3.63) is 29.8 Å². The topological polar surface area (TPSA) is 66.6 Å². The molecule has 0 saturated carbocycles. The van der Waals surface area contributed by atoms with Crippen molar-refractivity contribution in [3.8, 4) is 0 Å². The number of likely N-dealkylation sites (tertiary alicyclic amines) is 1. The molecule has 2 unspecified atom stereocenters. The van der Waals surface area contributed by atoms with Crippen LogP contribution in [0.2, 0.25) is 0 Å². The lowest BCUT2D eigenvalue weighted by atomic mass is 10.1. The Morgan fingerprint density at radius 1 is 1.35 bits per heavy atom. The Bertz CT molecular complexity index is 602. The molecule has 2 atom stereocenters. The highest BCUT2D eigenvalue weighted by Gasteiger charge is 2.40. The zero-order valence-electron chi connectivity index (χ0n) is 13.7. The maximum Gasteiger partial charge on any atom is 0.228 e. The SMILES string of the molecule is CCc1ccccc1N1CC(C(=O)N2CCCC2CN)CC1=O. The summed E-state index contributed by atoms with van der Waals surface area (Å²) in [5.74, 6) is -0.0879. The van der Waals surface area contributed by atoms with Crippen LogP contribution in [0.1, 0.15) is 31.7 Å². The van der Waals surface area contributed by atoms with Crippen molar-refractivity contribution in [1.29, 1.82) is 0 Å². The molecule has 2 saturated heterocycles. The van der Waals surface area contributed by atoms with E-state index in [1.165, 1.54) is 0 Å². The summed E-state index contributed by atoms with van der Waals surface area (Å²) in [5.41, 5.74) is 7.87. The van der Waals surface area contributed by atoms with Crippen LogP contribution >= 0.6 is 0 Å². The first-order valence-electron chi connectivity index (χ1n) is 8.54. The minimum atomic E-state index is -0.237. The van der Waals surface area contributed by atoms with Gasteiger partial charge in [-0.1, -0.05) is 25.1 Å². The number of carbonyl (C=O) groups excluding carboxylic acids is 2. The molecule has 5 heteroatoms. The van der Waals surface area contributed by atoms with Crippen LogP contribution in [0.4, 0.5) is 5.69 Å². The number of carbonyl (C=O) groups is 2. The Morgan fingerprint density at radius 2 is 2.13 bits per heavy atom. The third kappa shape index (κ3) is 2.98. The Labute approximate surface area is 137 Å². The molecular formula is C18H25N3O2. The summed E-state index contributed by atoms with van der Waals surface area (Å²) in [6.07, 6.45) is 3.17. The lowest BCUT2D eigenvalue weighted by molar-refractivity contribution is -0.136. The molecule has 0 aromatic heterocycles. The van der Waals surface area contributed by atoms with Gasteiger partial charge >= 0.3 is 0 Å². The monoisotopic (exact) mass is 315 g/mol. The van der Waals surface area contributed by atoms with Crippen LogP contribution in [0.15, 0.2) is 24.3 Å². The summed E-state index contributed by atoms with van der Waals surface area (Å²) in [6.45, 7) is 3.85. The average molecular weight is 315 g/mol. The molecule has 1 aromatic rings. The number of aryl methyl sites for hydroxylation is 1. The molecule has 2 N–H and O–H groups in total. The highest BCUT2D eigenvalue weighted by Crippen LogP contribution is 2.30. The van der Waals surface area contributed by atoms with Gasteiger partial charge in [0.2, 0.25) is 11.8 Å². The van der Waals surface area contributed by atoms with E-state index in [0.717, 1.165) is 37.1 Å². The lowest BCUT2D eigenvalue weighted by Crippen LogP contribution is -2.43. The molecular weight excluding hydrogens is 290 g/mol. The molecule has 2 aliphatic heterocycles. The van der Waals surface area contributed by atoms with Crippen LogP contribution in [-0.2, 0) is 16.0 Å². The fraction of sp³-hybridized carbons (Fsp3) is 0.556. The molecule has 2 aliphatic rings. The molecule has 124 valence electrons. The van der Waals surface area contributed by atoms with E-state index in [2.05, 4.69) is 6.92 Å². The molecule has 0 radical (unpaired) electrons. The number of para-hydroxylation sites is 1. The number of benzene rings is 1. The molecule has 5 nitrogen and oxygen atoms in total. The van der Waals surface area contributed by atoms with Gasteiger partial charge in [0.05, 0.1) is 5.92 Å². The van der Waals surface area contributed by atoms with Gasteiger partial charge in [0.1, 0.15) is 0 Å². The summed E-state index contributed by atoms with van der Waals surface area (Å²) in [5, 5.41) is 0. The molecule has 2 fully saturated rings. The van der Waals surface area contributed by atoms with Crippen LogP contribution in [0.25, 0.3) is 0 Å². The fourth-order valence-corrected chi connectivity index (χ4v) is 3.78. The van der Waals surface area contributed by atoms with Crippen molar-refractivity contribution in [2.75, 3.05) is 24.5 Å². The zero-order valence-corrected chi connectivity index (χ0v) is 13.7. The van der Waals surface area contributed by atoms with E-state index >= 15 is 0 Å². The van der Waals surface area contributed by atoms with Gasteiger partial charge in [-0.2, -0.15) is 0 Å². The molecule has 23 heavy (non-hydrogen) atoms. The number of nitrogens with zero attached hydrogens (tertiary/aromatic N) is 2. The van der Waals surface area contributed by atoms with Crippen LogP contribution in [-0.4, -0.2) is 42.4 Å². The van der Waals surface area contributed by atoms with Crippen LogP contribution < -0.4 is 10.6 Å². The summed E-state index contributed by atoms with van der Waals surface area (Å²) in [4.78, 5) is 28.9. The first kappa shape index (κ1) is 16.0. The van der Waals surface area contributed by atoms with E-state index in [9.17, 15) is 9.59 Å². The maximum absolute atomic E-state index is 12.8. The predicted molar refractivity (Wildman–Crippen MR) is 90.1 cm³/mol. The third-order valence-electron chi connectivity index (χ3n) is 5.07. The van der Waals surface area contributed by atoms with Gasteiger partial charge in [-0.05, 0) is 30.9 Å². The number of nitrogens with two attached hydrogens (primary N) is 1. The average Bonchev–Trinajstić information content (AvgIpc) is 3.20. The van der Waals surface area contributed by atoms with E-state index < -0.39 is 0 Å². The second-order valence-corrected chi connectivity index (χ2v) is 6.45. The molecule has 0 bridgehead atoms. The Hall–Kier alpha value is -1.88. The molecule has 2 heterocycles. The Balaban J connectivity index is 1.76. The molecule has 3 rings (SSSR count). The van der Waals surface area contributed by atoms with Crippen LogP contribution in [0.5, 0.6) is 0 Å². The minimum Gasteiger partial charge on any atom is -0.338 e. The molecule has 0 spiro atoms. The first-order chi connectivity index (χ1) is 11.2. The van der Waals surface area contributed by atoms with Crippen molar-refractivity contribution in [3.63, 3.8) is 0 Å². The van der Waals surface area contributed by atoms with Gasteiger partial charge in [0.15, 0.2) is 0 Å². The largest absolute Gasteiger partial charge is 0.338 e. The number of amides is 2. The van der Waals surface area contributed by atoms with Crippen LogP contribution in [0.3, 0.4) is 0 Å². The van der Waals surface area contributed by atoms with Crippen molar-refractivity contribution in [1.82, 2.24) is 4.90 Å². The molecule has 2 amide bonds. The van der Waals surface area contributed by atoms with E-state index in [-0.39, 0.29) is 23.8 Å². The second kappa shape index (κ2) is 6.71. The quantitative estimate of drug-likeness (QED) is 0.917. The standard InChI is InChI=1S/C18H25N3O2/c1-2-13-6-3-4-8-16(13)21-12-14(10-17(21)22)18(23)20-9-5-7-15(20)11-19/h3-4,6,8,14-15H,2,5,7,9-12,19H2,1H3. The van der Waals surface area contributed by atoms with E-state index in [1.807, 2.05) is 29.2 Å². The van der Waals surface area contributed by atoms with E-state index in [1.54, 1.807) is 4.90 Å². The summed E-state index contributed by atoms with van der Waals surface area (Å²) >= 11 is 0. The van der Waals surface area contributed by atoms with Crippen molar-refractivity contribution >= 4 is 17.5 Å². The number of hydrogen-bond donors (Lipinski definition) is 1. The number of anilines is 1. The molecule has 0 aliphatic carbocycles. The predicted octanol–water partition coefficient (Wildman–Crippen LogP) is 1.55. The van der Waals surface area contributed by atoms with Gasteiger partial charge in [-0.15, -0.1) is 0 Å². The molecule has 1 aromatic carbocycles. The summed E-state index contributed by atoms with van der Waals surface area (Å²) < 4.78 is 0. The zero-order chi connectivity index (χ0) is 16.4. The second-order valence-electron chi connectivity index (χ2n) is 6.45. The Morgan fingerprint density at radius 3 is 2.87 bits per heavy atom.